The fraction of sp³-hybridized carbons (Fsp3) is 0.579. The molecule has 1 aromatic rings. The number of hydrogen-bond acceptors (Lipinski definition) is 4. The van der Waals surface area contributed by atoms with Crippen LogP contribution in [0.25, 0.3) is 0 Å². The summed E-state index contributed by atoms with van der Waals surface area (Å²) in [5.74, 6) is 0. The highest BCUT2D eigenvalue weighted by molar-refractivity contribution is 5.86. The average molecular weight is 330 g/mol. The molecule has 0 unspecified atom stereocenters. The average Bonchev–Trinajstić information content (AvgIpc) is 2.91. The number of ether oxygens (including phenoxy) is 1. The van der Waals surface area contributed by atoms with E-state index >= 15 is 0 Å². The van der Waals surface area contributed by atoms with Crippen LogP contribution < -0.4 is 5.32 Å². The molecule has 0 aromatic heterocycles. The molecular formula is C19H26N2O3. The van der Waals surface area contributed by atoms with Crippen LogP contribution in [0.1, 0.15) is 63.1 Å². The number of hydrogen-bond donors (Lipinski definition) is 1. The Hall–Kier alpha value is -2.13. The molecule has 0 atom stereocenters. The number of anilines is 1. The minimum atomic E-state index is -0.556. The largest absolute Gasteiger partial charge is 0.444 e. The van der Waals surface area contributed by atoms with Gasteiger partial charge in [0.25, 0.3) is 0 Å². The van der Waals surface area contributed by atoms with E-state index in [1.165, 1.54) is 0 Å². The van der Waals surface area contributed by atoms with Gasteiger partial charge >= 0.3 is 6.09 Å². The van der Waals surface area contributed by atoms with Gasteiger partial charge in [-0.25, -0.2) is 9.59 Å². The van der Waals surface area contributed by atoms with Gasteiger partial charge in [0.15, 0.2) is 0 Å². The second kappa shape index (κ2) is 6.78. The molecule has 0 saturated heterocycles. The summed E-state index contributed by atoms with van der Waals surface area (Å²) in [5.41, 5.74) is 2.62. The van der Waals surface area contributed by atoms with Gasteiger partial charge in [0, 0.05) is 5.69 Å². The Morgan fingerprint density at radius 3 is 2.42 bits per heavy atom. The van der Waals surface area contributed by atoms with E-state index in [0.29, 0.717) is 5.69 Å². The Labute approximate surface area is 143 Å². The number of nitrogens with zero attached hydrogens (tertiary/aromatic N) is 1. The predicted octanol–water partition coefficient (Wildman–Crippen LogP) is 4.76. The van der Waals surface area contributed by atoms with Gasteiger partial charge in [0.1, 0.15) is 5.60 Å². The van der Waals surface area contributed by atoms with E-state index in [9.17, 15) is 9.59 Å². The van der Waals surface area contributed by atoms with E-state index in [4.69, 9.17) is 4.74 Å². The number of nitrogens with one attached hydrogen (secondary N) is 1. The van der Waals surface area contributed by atoms with Crippen LogP contribution >= 0.6 is 0 Å². The Balaban J connectivity index is 2.38. The van der Waals surface area contributed by atoms with Crippen LogP contribution in [-0.4, -0.2) is 17.8 Å². The first-order chi connectivity index (χ1) is 11.2. The van der Waals surface area contributed by atoms with Gasteiger partial charge in [-0.05, 0) is 70.2 Å². The van der Waals surface area contributed by atoms with E-state index in [1.54, 1.807) is 6.08 Å². The quantitative estimate of drug-likeness (QED) is 0.642. The molecule has 1 aliphatic carbocycles. The number of benzene rings is 1. The molecule has 1 amide bonds. The molecule has 0 spiro atoms. The Morgan fingerprint density at radius 1 is 1.25 bits per heavy atom. The van der Waals surface area contributed by atoms with Gasteiger partial charge in [-0.1, -0.05) is 18.9 Å². The molecule has 1 fully saturated rings. The first kappa shape index (κ1) is 18.2. The fourth-order valence-electron chi connectivity index (χ4n) is 3.18. The second-order valence-corrected chi connectivity index (χ2v) is 7.53. The Kier molecular flexibility index (Phi) is 5.14. The van der Waals surface area contributed by atoms with Crippen molar-refractivity contribution in [2.75, 3.05) is 5.32 Å². The lowest BCUT2D eigenvalue weighted by atomic mass is 9.86. The standard InChI is InChI=1S/C19H26N2O3/c1-13-10-15(19(20-12-22)8-6-7-9-19)11-16(14(13)2)21-17(23)24-18(3,4)5/h10-11H,6-9H2,1-5H3,(H,21,23). The topological polar surface area (TPSA) is 67.8 Å². The highest BCUT2D eigenvalue weighted by Gasteiger charge is 2.36. The van der Waals surface area contributed by atoms with E-state index < -0.39 is 17.2 Å². The number of carbonyl (C=O) groups excluding carboxylic acids is 2. The van der Waals surface area contributed by atoms with Gasteiger partial charge in [0.2, 0.25) is 6.08 Å². The van der Waals surface area contributed by atoms with E-state index in [1.807, 2.05) is 40.7 Å². The number of aryl methyl sites for hydroxylation is 1. The highest BCUT2D eigenvalue weighted by Crippen LogP contribution is 2.43. The molecule has 2 rings (SSSR count). The number of isocyanates is 1. The number of rotatable bonds is 3. The summed E-state index contributed by atoms with van der Waals surface area (Å²) in [7, 11) is 0. The summed E-state index contributed by atoms with van der Waals surface area (Å²) in [5, 5.41) is 2.83. The van der Waals surface area contributed by atoms with Gasteiger partial charge in [-0.15, -0.1) is 0 Å². The summed E-state index contributed by atoms with van der Waals surface area (Å²) in [4.78, 5) is 27.2. The summed E-state index contributed by atoms with van der Waals surface area (Å²) in [6.07, 6.45) is 4.98. The monoisotopic (exact) mass is 330 g/mol. The fourth-order valence-corrected chi connectivity index (χ4v) is 3.18. The third-order valence-electron chi connectivity index (χ3n) is 4.53. The van der Waals surface area contributed by atoms with Gasteiger partial charge < -0.3 is 4.74 Å². The molecule has 5 nitrogen and oxygen atoms in total. The first-order valence-electron chi connectivity index (χ1n) is 8.38. The molecule has 130 valence electrons. The van der Waals surface area contributed by atoms with Crippen LogP contribution in [0.4, 0.5) is 10.5 Å². The molecule has 0 radical (unpaired) electrons. The van der Waals surface area contributed by atoms with E-state index in [-0.39, 0.29) is 0 Å². The van der Waals surface area contributed by atoms with Crippen molar-refractivity contribution in [3.8, 4) is 0 Å². The van der Waals surface area contributed by atoms with Crippen LogP contribution in [0, 0.1) is 13.8 Å². The Morgan fingerprint density at radius 2 is 1.88 bits per heavy atom. The zero-order chi connectivity index (χ0) is 18.0. The van der Waals surface area contributed by atoms with Crippen molar-refractivity contribution < 1.29 is 14.3 Å². The maximum Gasteiger partial charge on any atom is 0.412 e. The Bertz CT molecular complexity index is 677. The van der Waals surface area contributed by atoms with Crippen molar-refractivity contribution in [1.82, 2.24) is 0 Å². The lowest BCUT2D eigenvalue weighted by Gasteiger charge is -2.26. The maximum atomic E-state index is 12.1. The number of amides is 1. The smallest absolute Gasteiger partial charge is 0.412 e. The lowest BCUT2D eigenvalue weighted by Crippen LogP contribution is -2.28. The SMILES string of the molecule is Cc1cc(C2(N=C=O)CCCC2)cc(NC(=O)OC(C)(C)C)c1C. The molecule has 0 bridgehead atoms. The first-order valence-corrected chi connectivity index (χ1v) is 8.38. The molecule has 24 heavy (non-hydrogen) atoms. The van der Waals surface area contributed by atoms with Crippen LogP contribution in [0.5, 0.6) is 0 Å². The third-order valence-corrected chi connectivity index (χ3v) is 4.53. The minimum absolute atomic E-state index is 0.485. The number of aliphatic imine (C=N–C) groups is 1. The predicted molar refractivity (Wildman–Crippen MR) is 94.0 cm³/mol. The van der Waals surface area contributed by atoms with Crippen LogP contribution in [0.15, 0.2) is 17.1 Å². The van der Waals surface area contributed by atoms with Crippen molar-refractivity contribution in [2.24, 2.45) is 4.99 Å². The van der Waals surface area contributed by atoms with E-state index in [2.05, 4.69) is 16.4 Å². The zero-order valence-corrected chi connectivity index (χ0v) is 15.2. The van der Waals surface area contributed by atoms with Crippen molar-refractivity contribution in [2.45, 2.75) is 71.4 Å². The molecule has 1 aromatic carbocycles. The summed E-state index contributed by atoms with van der Waals surface area (Å²) >= 11 is 0. The zero-order valence-electron chi connectivity index (χ0n) is 15.2. The van der Waals surface area contributed by atoms with Crippen molar-refractivity contribution >= 4 is 17.9 Å². The molecule has 1 saturated carbocycles. The van der Waals surface area contributed by atoms with Gasteiger partial charge in [-0.3, -0.25) is 5.32 Å². The van der Waals surface area contributed by atoms with Crippen molar-refractivity contribution in [3.05, 3.63) is 28.8 Å². The molecule has 1 N–H and O–H groups in total. The lowest BCUT2D eigenvalue weighted by molar-refractivity contribution is 0.0636. The van der Waals surface area contributed by atoms with Gasteiger partial charge in [-0.2, -0.15) is 4.99 Å². The van der Waals surface area contributed by atoms with Crippen LogP contribution in [0.3, 0.4) is 0 Å². The van der Waals surface area contributed by atoms with Crippen molar-refractivity contribution in [1.29, 1.82) is 0 Å². The molecule has 0 aliphatic heterocycles. The van der Waals surface area contributed by atoms with Crippen LogP contribution in [0.2, 0.25) is 0 Å². The summed E-state index contributed by atoms with van der Waals surface area (Å²) in [6.45, 7) is 9.43. The van der Waals surface area contributed by atoms with Crippen LogP contribution in [-0.2, 0) is 15.1 Å². The molecule has 5 heteroatoms. The normalized spacial score (nSPS) is 16.4. The maximum absolute atomic E-state index is 12.1. The molecule has 1 aliphatic rings. The summed E-state index contributed by atoms with van der Waals surface area (Å²) in [6, 6.07) is 3.97. The second-order valence-electron chi connectivity index (χ2n) is 7.53. The molecular weight excluding hydrogens is 304 g/mol. The minimum Gasteiger partial charge on any atom is -0.444 e. The van der Waals surface area contributed by atoms with Gasteiger partial charge in [0.05, 0.1) is 5.54 Å². The highest BCUT2D eigenvalue weighted by atomic mass is 16.6. The van der Waals surface area contributed by atoms with E-state index in [0.717, 1.165) is 42.4 Å². The molecule has 0 heterocycles. The summed E-state index contributed by atoms with van der Waals surface area (Å²) < 4.78 is 5.34. The van der Waals surface area contributed by atoms with Crippen molar-refractivity contribution in [3.63, 3.8) is 0 Å². The number of carbonyl (C=O) groups is 1. The third kappa shape index (κ3) is 4.04.